The largest absolute Gasteiger partial charge is 0.322 e. The molecule has 3 unspecified atom stereocenters. The van der Waals surface area contributed by atoms with Crippen molar-refractivity contribution in [2.24, 2.45) is 5.92 Å². The fourth-order valence-corrected chi connectivity index (χ4v) is 6.23. The molecule has 2 heterocycles. The van der Waals surface area contributed by atoms with Crippen LogP contribution in [-0.4, -0.2) is 33.9 Å². The van der Waals surface area contributed by atoms with E-state index in [1.165, 1.54) is 12.8 Å². The van der Waals surface area contributed by atoms with Gasteiger partial charge < -0.3 is 5.32 Å². The van der Waals surface area contributed by atoms with Crippen LogP contribution in [-0.2, 0) is 4.79 Å². The van der Waals surface area contributed by atoms with Crippen molar-refractivity contribution in [2.45, 2.75) is 79.7 Å². The predicted octanol–water partition coefficient (Wildman–Crippen LogP) is 6.81. The number of amides is 1. The van der Waals surface area contributed by atoms with E-state index in [9.17, 15) is 4.79 Å². The Labute approximate surface area is 183 Å². The second-order valence-electron chi connectivity index (χ2n) is 7.27. The third kappa shape index (κ3) is 6.46. The summed E-state index contributed by atoms with van der Waals surface area (Å²) in [4.78, 5) is 19.1. The van der Waals surface area contributed by atoms with Crippen LogP contribution < -0.4 is 5.32 Å². The Bertz CT molecular complexity index is 653. The summed E-state index contributed by atoms with van der Waals surface area (Å²) in [6.07, 6.45) is 15.7. The number of aryl methyl sites for hydroxylation is 1. The Morgan fingerprint density at radius 3 is 2.50 bits per heavy atom. The highest BCUT2D eigenvalue weighted by atomic mass is 32.2. The van der Waals surface area contributed by atoms with Crippen molar-refractivity contribution in [1.82, 2.24) is 4.98 Å². The number of rotatable bonds is 10. The number of carbonyl (C=O) groups excluding carboxylic acids is 1. The van der Waals surface area contributed by atoms with E-state index in [0.717, 1.165) is 47.0 Å². The highest BCUT2D eigenvalue weighted by Gasteiger charge is 2.33. The number of pyridine rings is 1. The Balaban J connectivity index is 2.23. The van der Waals surface area contributed by atoms with Gasteiger partial charge in [0.15, 0.2) is 0 Å². The molecule has 0 fully saturated rings. The molecule has 1 N–H and O–H groups in total. The van der Waals surface area contributed by atoms with Gasteiger partial charge in [0.05, 0.1) is 10.9 Å². The van der Waals surface area contributed by atoms with Gasteiger partial charge in [-0.05, 0) is 44.3 Å². The van der Waals surface area contributed by atoms with Crippen molar-refractivity contribution in [2.75, 3.05) is 17.8 Å². The summed E-state index contributed by atoms with van der Waals surface area (Å²) < 4.78 is 0. The molecule has 0 bridgehead atoms. The molecule has 6 heteroatoms. The molecule has 0 spiro atoms. The number of anilines is 1. The first-order valence-corrected chi connectivity index (χ1v) is 13.7. The van der Waals surface area contributed by atoms with E-state index in [1.807, 2.05) is 24.9 Å². The van der Waals surface area contributed by atoms with Crippen LogP contribution in [0.4, 0.5) is 5.69 Å². The van der Waals surface area contributed by atoms with Crippen LogP contribution in [0.1, 0.15) is 58.1 Å². The summed E-state index contributed by atoms with van der Waals surface area (Å²) in [5.74, 6) is 0.449. The van der Waals surface area contributed by atoms with E-state index >= 15 is 0 Å². The maximum absolute atomic E-state index is 13.4. The van der Waals surface area contributed by atoms with E-state index in [4.69, 9.17) is 0 Å². The topological polar surface area (TPSA) is 42.0 Å². The zero-order chi connectivity index (χ0) is 20.5. The van der Waals surface area contributed by atoms with Crippen LogP contribution in [0.25, 0.3) is 0 Å². The molecule has 1 amide bonds. The first-order valence-electron chi connectivity index (χ1n) is 10.3. The average Bonchev–Trinajstić information content (AvgIpc) is 2.71. The van der Waals surface area contributed by atoms with Gasteiger partial charge in [-0.3, -0.25) is 4.79 Å². The van der Waals surface area contributed by atoms with Gasteiger partial charge in [-0.1, -0.05) is 51.7 Å². The molecule has 0 aliphatic carbocycles. The van der Waals surface area contributed by atoms with Crippen molar-refractivity contribution in [3.63, 3.8) is 0 Å². The molecular formula is C22H34N2OS3. The summed E-state index contributed by atoms with van der Waals surface area (Å²) >= 11 is 5.11. The van der Waals surface area contributed by atoms with E-state index < -0.39 is 0 Å². The zero-order valence-corrected chi connectivity index (χ0v) is 20.2. The third-order valence-corrected chi connectivity index (χ3v) is 8.06. The van der Waals surface area contributed by atoms with Gasteiger partial charge in [0, 0.05) is 15.8 Å². The molecule has 0 aromatic carbocycles. The number of unbranched alkanes of at least 4 members (excludes halogenated alkanes) is 2. The molecule has 0 saturated heterocycles. The highest BCUT2D eigenvalue weighted by Crippen LogP contribution is 2.39. The Kier molecular flexibility index (Phi) is 10.3. The lowest BCUT2D eigenvalue weighted by Gasteiger charge is -2.31. The fraction of sp³-hybridized carbons (Fsp3) is 0.636. The molecule has 28 heavy (non-hydrogen) atoms. The van der Waals surface area contributed by atoms with Crippen molar-refractivity contribution >= 4 is 46.9 Å². The first-order chi connectivity index (χ1) is 13.5. The molecule has 1 aliphatic heterocycles. The van der Waals surface area contributed by atoms with Crippen LogP contribution >= 0.6 is 35.3 Å². The minimum atomic E-state index is -0.0240. The zero-order valence-electron chi connectivity index (χ0n) is 17.8. The quantitative estimate of drug-likeness (QED) is 0.321. The normalized spacial score (nSPS) is 21.7. The maximum atomic E-state index is 13.4. The summed E-state index contributed by atoms with van der Waals surface area (Å²) in [6.45, 7) is 6.45. The van der Waals surface area contributed by atoms with E-state index in [-0.39, 0.29) is 11.2 Å². The molecule has 1 aromatic heterocycles. The minimum absolute atomic E-state index is 0.0240. The lowest BCUT2D eigenvalue weighted by Crippen LogP contribution is -2.35. The molecule has 0 radical (unpaired) electrons. The third-order valence-electron chi connectivity index (χ3n) is 5.01. The summed E-state index contributed by atoms with van der Waals surface area (Å²) in [5.41, 5.74) is 1.87. The SMILES string of the molecule is CCCCC1C=CC(CCCC)C(C(=O)Nc2c(SC)cc(C)nc2SC)S1. The monoisotopic (exact) mass is 438 g/mol. The Morgan fingerprint density at radius 2 is 1.86 bits per heavy atom. The van der Waals surface area contributed by atoms with Crippen molar-refractivity contribution in [3.8, 4) is 0 Å². The number of hydrogen-bond acceptors (Lipinski definition) is 5. The lowest BCUT2D eigenvalue weighted by molar-refractivity contribution is -0.116. The molecule has 156 valence electrons. The molecule has 0 saturated carbocycles. The van der Waals surface area contributed by atoms with Gasteiger partial charge in [-0.15, -0.1) is 35.3 Å². The molecule has 2 rings (SSSR count). The summed E-state index contributed by atoms with van der Waals surface area (Å²) in [6, 6.07) is 2.06. The molecule has 1 aliphatic rings. The summed E-state index contributed by atoms with van der Waals surface area (Å²) in [7, 11) is 0. The van der Waals surface area contributed by atoms with Gasteiger partial charge >= 0.3 is 0 Å². The number of aromatic nitrogens is 1. The van der Waals surface area contributed by atoms with Gasteiger partial charge in [-0.2, -0.15) is 0 Å². The van der Waals surface area contributed by atoms with Crippen LogP contribution in [0.2, 0.25) is 0 Å². The van der Waals surface area contributed by atoms with Crippen molar-refractivity contribution < 1.29 is 4.79 Å². The smallest absolute Gasteiger partial charge is 0.238 e. The number of allylic oxidation sites excluding steroid dienone is 1. The van der Waals surface area contributed by atoms with Gasteiger partial charge in [0.2, 0.25) is 5.91 Å². The van der Waals surface area contributed by atoms with Gasteiger partial charge in [0.1, 0.15) is 5.03 Å². The molecule has 3 nitrogen and oxygen atoms in total. The molecule has 1 aromatic rings. The van der Waals surface area contributed by atoms with Gasteiger partial charge in [-0.25, -0.2) is 4.98 Å². The first kappa shape index (κ1) is 23.7. The predicted molar refractivity (Wildman–Crippen MR) is 128 cm³/mol. The maximum Gasteiger partial charge on any atom is 0.238 e. The minimum Gasteiger partial charge on any atom is -0.322 e. The van der Waals surface area contributed by atoms with E-state index in [0.29, 0.717) is 11.2 Å². The van der Waals surface area contributed by atoms with Crippen LogP contribution in [0.3, 0.4) is 0 Å². The van der Waals surface area contributed by atoms with Crippen LogP contribution in [0.15, 0.2) is 28.1 Å². The number of hydrogen-bond donors (Lipinski definition) is 1. The summed E-state index contributed by atoms with van der Waals surface area (Å²) in [5, 5.41) is 4.59. The van der Waals surface area contributed by atoms with E-state index in [2.05, 4.69) is 48.6 Å². The van der Waals surface area contributed by atoms with Crippen molar-refractivity contribution in [1.29, 1.82) is 0 Å². The second-order valence-corrected chi connectivity index (χ2v) is 10.3. The highest BCUT2D eigenvalue weighted by molar-refractivity contribution is 8.01. The molecule has 3 atom stereocenters. The van der Waals surface area contributed by atoms with Crippen molar-refractivity contribution in [3.05, 3.63) is 23.9 Å². The Morgan fingerprint density at radius 1 is 1.14 bits per heavy atom. The second kappa shape index (κ2) is 12.2. The van der Waals surface area contributed by atoms with Crippen LogP contribution in [0.5, 0.6) is 0 Å². The van der Waals surface area contributed by atoms with Crippen LogP contribution in [0, 0.1) is 12.8 Å². The average molecular weight is 439 g/mol. The standard InChI is InChI=1S/C22H34N2OS3/c1-6-8-10-16-12-13-17(11-9-7-2)28-20(16)21(25)24-19-18(26-4)14-15(3)23-22(19)27-5/h12-14,16-17,20H,6-11H2,1-5H3,(H,24,25). The number of nitrogens with one attached hydrogen (secondary N) is 1. The number of thioether (sulfide) groups is 3. The van der Waals surface area contributed by atoms with Gasteiger partial charge in [0.25, 0.3) is 0 Å². The number of carbonyl (C=O) groups is 1. The fourth-order valence-electron chi connectivity index (χ4n) is 3.45. The Hall–Kier alpha value is -0.590. The molecular weight excluding hydrogens is 404 g/mol. The van der Waals surface area contributed by atoms with E-state index in [1.54, 1.807) is 23.5 Å². The lowest BCUT2D eigenvalue weighted by atomic mass is 9.95. The number of nitrogens with zero attached hydrogens (tertiary/aromatic N) is 1.